The number of rotatable bonds is 5. The van der Waals surface area contributed by atoms with Gasteiger partial charge in [0.05, 0.1) is 0 Å². The van der Waals surface area contributed by atoms with Gasteiger partial charge in [0.15, 0.2) is 0 Å². The van der Waals surface area contributed by atoms with Crippen LogP contribution in [0.5, 0.6) is 0 Å². The third-order valence-corrected chi connectivity index (χ3v) is 5.33. The van der Waals surface area contributed by atoms with Crippen molar-refractivity contribution in [2.24, 2.45) is 29.6 Å². The molecular weight excluding hydrogens is 218 g/mol. The van der Waals surface area contributed by atoms with Gasteiger partial charge >= 0.3 is 0 Å². The summed E-state index contributed by atoms with van der Waals surface area (Å²) in [7, 11) is 0. The molecule has 1 nitrogen and oxygen atoms in total. The fourth-order valence-corrected chi connectivity index (χ4v) is 4.08. The van der Waals surface area contributed by atoms with Gasteiger partial charge in [-0.25, -0.2) is 0 Å². The van der Waals surface area contributed by atoms with E-state index >= 15 is 0 Å². The summed E-state index contributed by atoms with van der Waals surface area (Å²) in [5.74, 6) is 4.93. The molecule has 2 fully saturated rings. The van der Waals surface area contributed by atoms with Crippen molar-refractivity contribution in [2.45, 2.75) is 72.3 Å². The highest BCUT2D eigenvalue weighted by Crippen LogP contribution is 2.50. The Morgan fingerprint density at radius 2 is 1.83 bits per heavy atom. The lowest BCUT2D eigenvalue weighted by molar-refractivity contribution is 0.216. The number of nitrogens with one attached hydrogen (secondary N) is 1. The Kier molecular flexibility index (Phi) is 4.41. The molecule has 2 bridgehead atoms. The Hall–Kier alpha value is -0.0400. The molecule has 0 aliphatic heterocycles. The fraction of sp³-hybridized carbons (Fsp3) is 1.00. The average Bonchev–Trinajstić information content (AvgIpc) is 2.83. The molecule has 2 saturated carbocycles. The van der Waals surface area contributed by atoms with Crippen molar-refractivity contribution in [3.05, 3.63) is 0 Å². The molecule has 1 heteroatoms. The van der Waals surface area contributed by atoms with E-state index in [9.17, 15) is 0 Å². The predicted molar refractivity (Wildman–Crippen MR) is 79.6 cm³/mol. The third-order valence-electron chi connectivity index (χ3n) is 5.33. The topological polar surface area (TPSA) is 12.0 Å². The first-order valence-electron chi connectivity index (χ1n) is 8.10. The van der Waals surface area contributed by atoms with Crippen LogP contribution in [0.2, 0.25) is 0 Å². The van der Waals surface area contributed by atoms with Gasteiger partial charge in [0.1, 0.15) is 0 Å². The molecule has 0 aromatic carbocycles. The maximum absolute atomic E-state index is 3.72. The van der Waals surface area contributed by atoms with E-state index in [0.717, 1.165) is 29.6 Å². The Morgan fingerprint density at radius 1 is 1.11 bits per heavy atom. The third kappa shape index (κ3) is 3.73. The second kappa shape index (κ2) is 5.53. The summed E-state index contributed by atoms with van der Waals surface area (Å²) in [6, 6.07) is 0. The van der Waals surface area contributed by atoms with E-state index in [1.807, 2.05) is 0 Å². The Morgan fingerprint density at radius 3 is 2.28 bits per heavy atom. The second-order valence-corrected chi connectivity index (χ2v) is 8.31. The first-order valence-corrected chi connectivity index (χ1v) is 8.10. The van der Waals surface area contributed by atoms with E-state index in [4.69, 9.17) is 0 Å². The molecule has 4 unspecified atom stereocenters. The van der Waals surface area contributed by atoms with E-state index in [-0.39, 0.29) is 5.54 Å². The lowest BCUT2D eigenvalue weighted by Gasteiger charge is -2.31. The number of hydrogen-bond donors (Lipinski definition) is 1. The van der Waals surface area contributed by atoms with Gasteiger partial charge in [0.2, 0.25) is 0 Å². The van der Waals surface area contributed by atoms with Crippen LogP contribution in [0.15, 0.2) is 0 Å². The van der Waals surface area contributed by atoms with Gasteiger partial charge in [0, 0.05) is 5.54 Å². The van der Waals surface area contributed by atoms with Gasteiger partial charge in [-0.3, -0.25) is 0 Å². The van der Waals surface area contributed by atoms with E-state index < -0.39 is 0 Å². The van der Waals surface area contributed by atoms with E-state index in [0.29, 0.717) is 0 Å². The smallest absolute Gasteiger partial charge is 0.00966 e. The summed E-state index contributed by atoms with van der Waals surface area (Å²) < 4.78 is 0. The lowest BCUT2D eigenvalue weighted by Crippen LogP contribution is -2.40. The van der Waals surface area contributed by atoms with Crippen LogP contribution in [0, 0.1) is 29.6 Å². The van der Waals surface area contributed by atoms with Crippen LogP contribution in [0.1, 0.15) is 66.7 Å². The maximum atomic E-state index is 3.72. The quantitative estimate of drug-likeness (QED) is 0.760. The van der Waals surface area contributed by atoms with Gasteiger partial charge in [-0.1, -0.05) is 20.3 Å². The van der Waals surface area contributed by atoms with Gasteiger partial charge < -0.3 is 5.32 Å². The Bertz CT molecular complexity index is 263. The lowest BCUT2D eigenvalue weighted by atomic mass is 9.78. The van der Waals surface area contributed by atoms with Crippen molar-refractivity contribution in [1.82, 2.24) is 5.32 Å². The average molecular weight is 251 g/mol. The molecule has 2 aliphatic carbocycles. The van der Waals surface area contributed by atoms with E-state index in [2.05, 4.69) is 39.9 Å². The van der Waals surface area contributed by atoms with Gasteiger partial charge in [-0.15, -0.1) is 0 Å². The van der Waals surface area contributed by atoms with Gasteiger partial charge in [0.25, 0.3) is 0 Å². The molecule has 18 heavy (non-hydrogen) atoms. The molecule has 2 rings (SSSR count). The number of hydrogen-bond acceptors (Lipinski definition) is 1. The molecule has 106 valence electrons. The van der Waals surface area contributed by atoms with Crippen molar-refractivity contribution in [3.8, 4) is 0 Å². The van der Waals surface area contributed by atoms with Crippen LogP contribution in [0.25, 0.3) is 0 Å². The van der Waals surface area contributed by atoms with Crippen LogP contribution in [0.3, 0.4) is 0 Å². The largest absolute Gasteiger partial charge is 0.312 e. The molecule has 0 saturated heterocycles. The second-order valence-electron chi connectivity index (χ2n) is 8.31. The first kappa shape index (κ1) is 14.4. The molecule has 0 heterocycles. The minimum Gasteiger partial charge on any atom is -0.312 e. The normalized spacial score (nSPS) is 33.3. The fourth-order valence-electron chi connectivity index (χ4n) is 4.08. The highest BCUT2D eigenvalue weighted by atomic mass is 14.9. The van der Waals surface area contributed by atoms with Crippen LogP contribution in [0.4, 0.5) is 0 Å². The zero-order chi connectivity index (χ0) is 13.3. The van der Waals surface area contributed by atoms with Crippen molar-refractivity contribution < 1.29 is 0 Å². The van der Waals surface area contributed by atoms with Crippen LogP contribution in [-0.2, 0) is 0 Å². The number of fused-ring (bicyclic) bond motifs is 2. The highest BCUT2D eigenvalue weighted by Gasteiger charge is 2.40. The molecule has 0 radical (unpaired) electrons. The highest BCUT2D eigenvalue weighted by molar-refractivity contribution is 4.91. The maximum Gasteiger partial charge on any atom is 0.00966 e. The standard InChI is InChI=1S/C17H33N/c1-12(2)16(11-18-17(3,4)5)10-15-9-13-6-7-14(15)8-13/h12-16,18H,6-11H2,1-5H3. The molecule has 0 spiro atoms. The summed E-state index contributed by atoms with van der Waals surface area (Å²) in [5, 5.41) is 3.72. The molecule has 0 aromatic heterocycles. The molecule has 0 aromatic rings. The summed E-state index contributed by atoms with van der Waals surface area (Å²) in [5.41, 5.74) is 0.266. The Balaban J connectivity index is 1.83. The summed E-state index contributed by atoms with van der Waals surface area (Å²) in [6.07, 6.45) is 7.65. The molecular formula is C17H33N. The van der Waals surface area contributed by atoms with Gasteiger partial charge in [-0.2, -0.15) is 0 Å². The van der Waals surface area contributed by atoms with Gasteiger partial charge in [-0.05, 0) is 82.6 Å². The van der Waals surface area contributed by atoms with Crippen LogP contribution < -0.4 is 5.32 Å². The summed E-state index contributed by atoms with van der Waals surface area (Å²) in [6.45, 7) is 12.9. The molecule has 1 N–H and O–H groups in total. The Labute approximate surface area is 114 Å². The van der Waals surface area contributed by atoms with Crippen LogP contribution >= 0.6 is 0 Å². The van der Waals surface area contributed by atoms with E-state index in [1.54, 1.807) is 12.8 Å². The SMILES string of the molecule is CC(C)C(CNC(C)(C)C)CC1CC2CCC1C2. The summed E-state index contributed by atoms with van der Waals surface area (Å²) in [4.78, 5) is 0. The zero-order valence-electron chi connectivity index (χ0n) is 13.1. The molecule has 2 aliphatic rings. The first-order chi connectivity index (χ1) is 8.35. The molecule has 4 atom stereocenters. The van der Waals surface area contributed by atoms with Crippen molar-refractivity contribution in [2.75, 3.05) is 6.54 Å². The predicted octanol–water partition coefficient (Wildman–Crippen LogP) is 4.47. The molecule has 0 amide bonds. The van der Waals surface area contributed by atoms with E-state index in [1.165, 1.54) is 25.8 Å². The minimum absolute atomic E-state index is 0.266. The van der Waals surface area contributed by atoms with Crippen molar-refractivity contribution in [1.29, 1.82) is 0 Å². The monoisotopic (exact) mass is 251 g/mol. The summed E-state index contributed by atoms with van der Waals surface area (Å²) >= 11 is 0. The van der Waals surface area contributed by atoms with Crippen molar-refractivity contribution >= 4 is 0 Å². The minimum atomic E-state index is 0.266. The van der Waals surface area contributed by atoms with Crippen LogP contribution in [-0.4, -0.2) is 12.1 Å². The zero-order valence-corrected chi connectivity index (χ0v) is 13.1. The van der Waals surface area contributed by atoms with Crippen molar-refractivity contribution in [3.63, 3.8) is 0 Å².